The Morgan fingerprint density at radius 2 is 2.20 bits per heavy atom. The van der Waals surface area contributed by atoms with Crippen molar-refractivity contribution in [2.45, 2.75) is 26.4 Å². The van der Waals surface area contributed by atoms with Gasteiger partial charge in [0.05, 0.1) is 6.10 Å². The van der Waals surface area contributed by atoms with E-state index in [1.165, 1.54) is 6.08 Å². The van der Waals surface area contributed by atoms with Crippen LogP contribution in [0.1, 0.15) is 20.3 Å². The lowest BCUT2D eigenvalue weighted by Gasteiger charge is -2.02. The van der Waals surface area contributed by atoms with Crippen LogP contribution in [0.2, 0.25) is 0 Å². The van der Waals surface area contributed by atoms with Crippen molar-refractivity contribution >= 4 is 5.97 Å². The van der Waals surface area contributed by atoms with Crippen LogP contribution in [-0.4, -0.2) is 22.3 Å². The molecule has 10 heavy (non-hydrogen) atoms. The molecular weight excluding hydrogens is 132 g/mol. The smallest absolute Gasteiger partial charge is 0.331 e. The summed E-state index contributed by atoms with van der Waals surface area (Å²) < 4.78 is 0. The molecule has 58 valence electrons. The van der Waals surface area contributed by atoms with Crippen molar-refractivity contribution in [1.82, 2.24) is 0 Å². The van der Waals surface area contributed by atoms with E-state index in [-0.39, 0.29) is 12.0 Å². The molecule has 0 bridgehead atoms. The van der Waals surface area contributed by atoms with E-state index in [0.29, 0.717) is 0 Å². The molecular formula is C7H12O3. The SMILES string of the molecule is C/C=C(\CC(C)O)C(=O)O. The van der Waals surface area contributed by atoms with E-state index < -0.39 is 12.1 Å². The lowest BCUT2D eigenvalue weighted by molar-refractivity contribution is -0.133. The summed E-state index contributed by atoms with van der Waals surface area (Å²) in [5, 5.41) is 17.2. The van der Waals surface area contributed by atoms with Gasteiger partial charge in [-0.2, -0.15) is 0 Å². The normalized spacial score (nSPS) is 14.9. The van der Waals surface area contributed by atoms with Crippen molar-refractivity contribution in [1.29, 1.82) is 0 Å². The van der Waals surface area contributed by atoms with Crippen LogP contribution in [0.3, 0.4) is 0 Å². The summed E-state index contributed by atoms with van der Waals surface area (Å²) in [5.74, 6) is -0.955. The monoisotopic (exact) mass is 144 g/mol. The summed E-state index contributed by atoms with van der Waals surface area (Å²) in [7, 11) is 0. The minimum absolute atomic E-state index is 0.214. The van der Waals surface area contributed by atoms with Crippen LogP contribution in [0, 0.1) is 0 Å². The lowest BCUT2D eigenvalue weighted by Crippen LogP contribution is -2.08. The molecule has 0 fully saturated rings. The first kappa shape index (κ1) is 9.17. The quantitative estimate of drug-likeness (QED) is 0.576. The zero-order valence-electron chi connectivity index (χ0n) is 6.16. The van der Waals surface area contributed by atoms with Crippen LogP contribution in [0.5, 0.6) is 0 Å². The lowest BCUT2D eigenvalue weighted by atomic mass is 10.1. The van der Waals surface area contributed by atoms with Gasteiger partial charge in [-0.1, -0.05) is 6.08 Å². The highest BCUT2D eigenvalue weighted by Crippen LogP contribution is 2.04. The van der Waals surface area contributed by atoms with Gasteiger partial charge in [-0.05, 0) is 13.8 Å². The Kier molecular flexibility index (Phi) is 3.72. The summed E-state index contributed by atoms with van der Waals surface area (Å²) in [5.41, 5.74) is 0.259. The van der Waals surface area contributed by atoms with Crippen LogP contribution < -0.4 is 0 Å². The van der Waals surface area contributed by atoms with Crippen LogP contribution in [0.15, 0.2) is 11.6 Å². The molecule has 0 aromatic rings. The summed E-state index contributed by atoms with van der Waals surface area (Å²) in [4.78, 5) is 10.3. The first-order chi connectivity index (χ1) is 4.57. The van der Waals surface area contributed by atoms with E-state index in [1.54, 1.807) is 13.8 Å². The molecule has 0 spiro atoms. The highest BCUT2D eigenvalue weighted by atomic mass is 16.4. The van der Waals surface area contributed by atoms with Crippen LogP contribution in [0.4, 0.5) is 0 Å². The molecule has 0 heterocycles. The molecule has 3 nitrogen and oxygen atoms in total. The molecule has 0 radical (unpaired) electrons. The number of hydrogen-bond acceptors (Lipinski definition) is 2. The van der Waals surface area contributed by atoms with Gasteiger partial charge in [0.2, 0.25) is 0 Å². The van der Waals surface area contributed by atoms with E-state index in [2.05, 4.69) is 0 Å². The molecule has 1 atom stereocenters. The fraction of sp³-hybridized carbons (Fsp3) is 0.571. The molecule has 0 aliphatic heterocycles. The molecule has 0 rings (SSSR count). The number of carboxylic acid groups (broad SMARTS) is 1. The first-order valence-electron chi connectivity index (χ1n) is 3.14. The number of aliphatic carboxylic acids is 1. The summed E-state index contributed by atoms with van der Waals surface area (Å²) in [6, 6.07) is 0. The fourth-order valence-corrected chi connectivity index (χ4v) is 0.647. The molecule has 0 aliphatic rings. The number of aliphatic hydroxyl groups is 1. The van der Waals surface area contributed by atoms with Gasteiger partial charge in [0, 0.05) is 12.0 Å². The molecule has 1 unspecified atom stereocenters. The van der Waals surface area contributed by atoms with Gasteiger partial charge in [0.1, 0.15) is 0 Å². The van der Waals surface area contributed by atoms with Crippen molar-refractivity contribution in [2.24, 2.45) is 0 Å². The maximum absolute atomic E-state index is 10.3. The van der Waals surface area contributed by atoms with Crippen LogP contribution in [0.25, 0.3) is 0 Å². The zero-order chi connectivity index (χ0) is 8.15. The third kappa shape index (κ3) is 3.25. The van der Waals surface area contributed by atoms with E-state index in [0.717, 1.165) is 0 Å². The van der Waals surface area contributed by atoms with Crippen molar-refractivity contribution in [3.8, 4) is 0 Å². The first-order valence-corrected chi connectivity index (χ1v) is 3.14. The summed E-state index contributed by atoms with van der Waals surface area (Å²) in [6.45, 7) is 3.21. The number of allylic oxidation sites excluding steroid dienone is 1. The maximum Gasteiger partial charge on any atom is 0.331 e. The van der Waals surface area contributed by atoms with E-state index in [4.69, 9.17) is 10.2 Å². The predicted molar refractivity (Wildman–Crippen MR) is 37.7 cm³/mol. The number of aliphatic hydroxyl groups excluding tert-OH is 1. The van der Waals surface area contributed by atoms with Crippen molar-refractivity contribution in [3.05, 3.63) is 11.6 Å². The predicted octanol–water partition coefficient (Wildman–Crippen LogP) is 0.788. The molecule has 0 saturated heterocycles. The molecule has 0 amide bonds. The average Bonchev–Trinajstić information content (AvgIpc) is 1.81. The second kappa shape index (κ2) is 4.06. The van der Waals surface area contributed by atoms with Gasteiger partial charge in [0.25, 0.3) is 0 Å². The number of rotatable bonds is 3. The minimum Gasteiger partial charge on any atom is -0.478 e. The Hall–Kier alpha value is -0.830. The molecule has 0 aromatic carbocycles. The Morgan fingerprint density at radius 1 is 1.70 bits per heavy atom. The summed E-state index contributed by atoms with van der Waals surface area (Å²) in [6.07, 6.45) is 1.13. The zero-order valence-corrected chi connectivity index (χ0v) is 6.16. The van der Waals surface area contributed by atoms with Crippen molar-refractivity contribution in [2.75, 3.05) is 0 Å². The Labute approximate surface area is 60.0 Å². The van der Waals surface area contributed by atoms with E-state index in [9.17, 15) is 4.79 Å². The third-order valence-electron chi connectivity index (χ3n) is 1.14. The third-order valence-corrected chi connectivity index (χ3v) is 1.14. The Morgan fingerprint density at radius 3 is 2.30 bits per heavy atom. The summed E-state index contributed by atoms with van der Waals surface area (Å²) >= 11 is 0. The Bertz CT molecular complexity index is 147. The van der Waals surface area contributed by atoms with Gasteiger partial charge in [-0.15, -0.1) is 0 Å². The molecule has 0 aliphatic carbocycles. The van der Waals surface area contributed by atoms with Gasteiger partial charge in [0.15, 0.2) is 0 Å². The number of carbonyl (C=O) groups is 1. The molecule has 3 heteroatoms. The number of hydrogen-bond donors (Lipinski definition) is 2. The van der Waals surface area contributed by atoms with Crippen LogP contribution in [-0.2, 0) is 4.79 Å². The highest BCUT2D eigenvalue weighted by molar-refractivity contribution is 5.86. The number of carboxylic acids is 1. The fourth-order valence-electron chi connectivity index (χ4n) is 0.647. The standard InChI is InChI=1S/C7H12O3/c1-3-6(7(9)10)4-5(2)8/h3,5,8H,4H2,1-2H3,(H,9,10)/b6-3+. The van der Waals surface area contributed by atoms with Gasteiger partial charge in [-0.3, -0.25) is 0 Å². The second-order valence-electron chi connectivity index (χ2n) is 2.17. The van der Waals surface area contributed by atoms with E-state index in [1.807, 2.05) is 0 Å². The maximum atomic E-state index is 10.3. The topological polar surface area (TPSA) is 57.5 Å². The van der Waals surface area contributed by atoms with Gasteiger partial charge < -0.3 is 10.2 Å². The average molecular weight is 144 g/mol. The molecule has 2 N–H and O–H groups in total. The minimum atomic E-state index is -0.955. The van der Waals surface area contributed by atoms with Crippen LogP contribution >= 0.6 is 0 Å². The molecule has 0 saturated carbocycles. The second-order valence-corrected chi connectivity index (χ2v) is 2.17. The van der Waals surface area contributed by atoms with Gasteiger partial charge in [-0.25, -0.2) is 4.79 Å². The molecule has 0 aromatic heterocycles. The largest absolute Gasteiger partial charge is 0.478 e. The van der Waals surface area contributed by atoms with Gasteiger partial charge >= 0.3 is 5.97 Å². The highest BCUT2D eigenvalue weighted by Gasteiger charge is 2.07. The van der Waals surface area contributed by atoms with Crippen molar-refractivity contribution < 1.29 is 15.0 Å². The van der Waals surface area contributed by atoms with E-state index >= 15 is 0 Å². The van der Waals surface area contributed by atoms with Crippen molar-refractivity contribution in [3.63, 3.8) is 0 Å². The Balaban J connectivity index is 3.99.